The van der Waals surface area contributed by atoms with Crippen molar-refractivity contribution in [3.8, 4) is 0 Å². The normalized spacial score (nSPS) is 12.5. The van der Waals surface area contributed by atoms with Crippen LogP contribution in [0.4, 0.5) is 15.8 Å². The number of rotatable bonds is 5. The van der Waals surface area contributed by atoms with Gasteiger partial charge in [-0.2, -0.15) is 0 Å². The van der Waals surface area contributed by atoms with Crippen molar-refractivity contribution >= 4 is 27.3 Å². The van der Waals surface area contributed by atoms with E-state index in [-0.39, 0.29) is 0 Å². The van der Waals surface area contributed by atoms with Crippen LogP contribution in [0.2, 0.25) is 0 Å². The molecular formula is C18H21FN2O3S. The van der Waals surface area contributed by atoms with Gasteiger partial charge >= 0.3 is 0 Å². The molecule has 1 N–H and O–H groups in total. The summed E-state index contributed by atoms with van der Waals surface area (Å²) in [7, 11) is -3.69. The molecule has 0 saturated carbocycles. The van der Waals surface area contributed by atoms with Crippen LogP contribution >= 0.6 is 0 Å². The van der Waals surface area contributed by atoms with Gasteiger partial charge in [0.05, 0.1) is 11.9 Å². The maximum atomic E-state index is 13.0. The number of nitrogens with one attached hydrogen (secondary N) is 1. The van der Waals surface area contributed by atoms with Crippen LogP contribution in [0.3, 0.4) is 0 Å². The van der Waals surface area contributed by atoms with Crippen molar-refractivity contribution in [1.82, 2.24) is 0 Å². The van der Waals surface area contributed by atoms with E-state index < -0.39 is 27.8 Å². The Morgan fingerprint density at radius 3 is 2.28 bits per heavy atom. The highest BCUT2D eigenvalue weighted by atomic mass is 32.2. The van der Waals surface area contributed by atoms with Crippen LogP contribution < -0.4 is 9.62 Å². The fourth-order valence-corrected chi connectivity index (χ4v) is 3.74. The molecule has 2 aromatic carbocycles. The number of sulfonamides is 1. The van der Waals surface area contributed by atoms with Gasteiger partial charge in [0.1, 0.15) is 11.9 Å². The molecule has 0 aliphatic heterocycles. The summed E-state index contributed by atoms with van der Waals surface area (Å²) in [6, 6.07) is 9.73. The molecule has 0 aliphatic rings. The van der Waals surface area contributed by atoms with Crippen molar-refractivity contribution < 1.29 is 17.6 Å². The molecule has 0 aromatic heterocycles. The Labute approximate surface area is 147 Å². The van der Waals surface area contributed by atoms with Gasteiger partial charge < -0.3 is 5.32 Å². The first-order valence-electron chi connectivity index (χ1n) is 7.72. The zero-order valence-electron chi connectivity index (χ0n) is 14.6. The van der Waals surface area contributed by atoms with Gasteiger partial charge in [-0.05, 0) is 62.2 Å². The highest BCUT2D eigenvalue weighted by Crippen LogP contribution is 2.26. The van der Waals surface area contributed by atoms with E-state index in [1.54, 1.807) is 13.0 Å². The smallest absolute Gasteiger partial charge is 0.247 e. The highest BCUT2D eigenvalue weighted by Gasteiger charge is 2.30. The van der Waals surface area contributed by atoms with Crippen molar-refractivity contribution in [2.45, 2.75) is 26.8 Å². The number of carbonyl (C=O) groups is 1. The average Bonchev–Trinajstić information content (AvgIpc) is 2.51. The summed E-state index contributed by atoms with van der Waals surface area (Å²) in [5, 5.41) is 2.61. The summed E-state index contributed by atoms with van der Waals surface area (Å²) >= 11 is 0. The molecule has 1 atom stereocenters. The first kappa shape index (κ1) is 18.9. The molecule has 0 radical (unpaired) electrons. The van der Waals surface area contributed by atoms with Crippen LogP contribution in [0.5, 0.6) is 0 Å². The summed E-state index contributed by atoms with van der Waals surface area (Å²) in [4.78, 5) is 12.5. The monoisotopic (exact) mass is 364 g/mol. The van der Waals surface area contributed by atoms with E-state index in [1.165, 1.54) is 31.2 Å². The third kappa shape index (κ3) is 4.57. The molecule has 2 aromatic rings. The molecule has 134 valence electrons. The Bertz CT molecular complexity index is 880. The number of hydrogen-bond acceptors (Lipinski definition) is 3. The number of benzene rings is 2. The summed E-state index contributed by atoms with van der Waals surface area (Å²) in [5.41, 5.74) is 2.50. The number of halogens is 1. The molecule has 7 heteroatoms. The molecule has 25 heavy (non-hydrogen) atoms. The number of nitrogens with zero attached hydrogens (tertiary/aromatic N) is 1. The Hall–Kier alpha value is -2.41. The van der Waals surface area contributed by atoms with Crippen LogP contribution in [0.1, 0.15) is 18.1 Å². The zero-order valence-corrected chi connectivity index (χ0v) is 15.4. The Kier molecular flexibility index (Phi) is 5.47. The second-order valence-corrected chi connectivity index (χ2v) is 7.88. The van der Waals surface area contributed by atoms with E-state index in [1.807, 2.05) is 19.1 Å². The quantitative estimate of drug-likeness (QED) is 0.886. The van der Waals surface area contributed by atoms with Gasteiger partial charge in [0.15, 0.2) is 0 Å². The maximum absolute atomic E-state index is 13.0. The molecule has 0 fully saturated rings. The summed E-state index contributed by atoms with van der Waals surface area (Å²) in [6.07, 6.45) is 1.07. The average molecular weight is 364 g/mol. The lowest BCUT2D eigenvalue weighted by Gasteiger charge is -2.29. The topological polar surface area (TPSA) is 66.5 Å². The molecular weight excluding hydrogens is 343 g/mol. The first-order chi connectivity index (χ1) is 11.6. The van der Waals surface area contributed by atoms with Gasteiger partial charge in [-0.1, -0.05) is 12.1 Å². The van der Waals surface area contributed by atoms with E-state index in [0.717, 1.165) is 21.7 Å². The largest absolute Gasteiger partial charge is 0.324 e. The van der Waals surface area contributed by atoms with Crippen molar-refractivity contribution in [3.05, 3.63) is 59.4 Å². The van der Waals surface area contributed by atoms with Gasteiger partial charge in [-0.15, -0.1) is 0 Å². The summed E-state index contributed by atoms with van der Waals surface area (Å²) < 4.78 is 38.7. The number of anilines is 2. The van der Waals surface area contributed by atoms with E-state index in [9.17, 15) is 17.6 Å². The zero-order chi connectivity index (χ0) is 18.8. The minimum Gasteiger partial charge on any atom is -0.324 e. The van der Waals surface area contributed by atoms with Gasteiger partial charge in [0, 0.05) is 5.69 Å². The minimum absolute atomic E-state index is 0.396. The predicted molar refractivity (Wildman–Crippen MR) is 97.7 cm³/mol. The lowest BCUT2D eigenvalue weighted by Crippen LogP contribution is -2.45. The molecule has 0 aliphatic carbocycles. The predicted octanol–water partition coefficient (Wildman–Crippen LogP) is 3.24. The van der Waals surface area contributed by atoms with Gasteiger partial charge in [0.25, 0.3) is 0 Å². The Morgan fingerprint density at radius 2 is 1.72 bits per heavy atom. The lowest BCUT2D eigenvalue weighted by molar-refractivity contribution is -0.116. The van der Waals surface area contributed by atoms with Crippen LogP contribution in [-0.4, -0.2) is 26.6 Å². The third-order valence-electron chi connectivity index (χ3n) is 3.80. The lowest BCUT2D eigenvalue weighted by atomic mass is 10.1. The van der Waals surface area contributed by atoms with E-state index in [0.29, 0.717) is 11.4 Å². The van der Waals surface area contributed by atoms with Crippen LogP contribution in [0, 0.1) is 19.7 Å². The van der Waals surface area contributed by atoms with E-state index in [4.69, 9.17) is 0 Å². The molecule has 0 unspecified atom stereocenters. The van der Waals surface area contributed by atoms with Crippen molar-refractivity contribution in [2.75, 3.05) is 15.9 Å². The number of carbonyl (C=O) groups excluding carboxylic acids is 1. The molecule has 0 bridgehead atoms. The Balaban J connectivity index is 2.36. The minimum atomic E-state index is -3.69. The van der Waals surface area contributed by atoms with Crippen LogP contribution in [0.25, 0.3) is 0 Å². The molecule has 5 nitrogen and oxygen atoms in total. The molecule has 0 spiro atoms. The number of hydrogen-bond donors (Lipinski definition) is 1. The highest BCUT2D eigenvalue weighted by molar-refractivity contribution is 7.92. The molecule has 0 saturated heterocycles. The fraction of sp³-hybridized carbons (Fsp3) is 0.278. The molecule has 1 amide bonds. The molecule has 0 heterocycles. The van der Waals surface area contributed by atoms with Gasteiger partial charge in [-0.3, -0.25) is 9.10 Å². The third-order valence-corrected chi connectivity index (χ3v) is 5.03. The Morgan fingerprint density at radius 1 is 1.12 bits per heavy atom. The second kappa shape index (κ2) is 7.23. The number of amides is 1. The van der Waals surface area contributed by atoms with Gasteiger partial charge in [0.2, 0.25) is 15.9 Å². The first-order valence-corrected chi connectivity index (χ1v) is 9.57. The van der Waals surface area contributed by atoms with E-state index >= 15 is 0 Å². The number of aryl methyl sites for hydroxylation is 2. The summed E-state index contributed by atoms with van der Waals surface area (Å²) in [5.74, 6) is -0.919. The SMILES string of the molecule is Cc1ccc(C)c(N([C@H](C)C(=O)Nc2ccc(F)cc2)S(C)(=O)=O)c1. The van der Waals surface area contributed by atoms with Crippen molar-refractivity contribution in [1.29, 1.82) is 0 Å². The van der Waals surface area contributed by atoms with Gasteiger partial charge in [-0.25, -0.2) is 12.8 Å². The second-order valence-electron chi connectivity index (χ2n) is 6.02. The van der Waals surface area contributed by atoms with E-state index in [2.05, 4.69) is 5.32 Å². The van der Waals surface area contributed by atoms with Crippen molar-refractivity contribution in [3.63, 3.8) is 0 Å². The van der Waals surface area contributed by atoms with Crippen LogP contribution in [-0.2, 0) is 14.8 Å². The van der Waals surface area contributed by atoms with Crippen molar-refractivity contribution in [2.24, 2.45) is 0 Å². The summed E-state index contributed by atoms with van der Waals surface area (Å²) in [6.45, 7) is 5.16. The fourth-order valence-electron chi connectivity index (χ4n) is 2.52. The standard InChI is InChI=1S/C18H21FN2O3S/c1-12-5-6-13(2)17(11-12)21(25(4,23)24)14(3)18(22)20-16-9-7-15(19)8-10-16/h5-11,14H,1-4H3,(H,20,22)/t14-/m1/s1. The maximum Gasteiger partial charge on any atom is 0.247 e. The van der Waals surface area contributed by atoms with Crippen LogP contribution in [0.15, 0.2) is 42.5 Å². The molecule has 2 rings (SSSR count).